The summed E-state index contributed by atoms with van der Waals surface area (Å²) in [6, 6.07) is 12.9. The van der Waals surface area contributed by atoms with Crippen LogP contribution >= 0.6 is 31.9 Å². The second-order valence-electron chi connectivity index (χ2n) is 7.33. The van der Waals surface area contributed by atoms with E-state index in [9.17, 15) is 9.59 Å². The Morgan fingerprint density at radius 2 is 1.50 bits per heavy atom. The lowest BCUT2D eigenvalue weighted by atomic mass is 10.1. The maximum Gasteiger partial charge on any atom is 0.231 e. The Bertz CT molecular complexity index is 1340. The second kappa shape index (κ2) is 9.47. The maximum absolute atomic E-state index is 11.4. The van der Waals surface area contributed by atoms with Crippen LogP contribution in [0.4, 0.5) is 11.4 Å². The van der Waals surface area contributed by atoms with Crippen LogP contribution in [0, 0.1) is 0 Å². The number of anilines is 1. The average Bonchev–Trinajstić information content (AvgIpc) is 3.57. The molecule has 0 radical (unpaired) electrons. The molecule has 1 N–H and O–H groups in total. The SMILES string of the molecule is O=C1Cc2cc(N=Cc3c(Br)ccc4c3OCO4)ccc2N1.O=Cc1c(Br)ccc2c1OCO2. The molecule has 8 nitrogen and oxygen atoms in total. The summed E-state index contributed by atoms with van der Waals surface area (Å²) in [6.45, 7) is 0.409. The van der Waals surface area contributed by atoms with Crippen LogP contribution in [0.2, 0.25) is 0 Å². The van der Waals surface area contributed by atoms with E-state index in [0.717, 1.165) is 37.7 Å². The predicted molar refractivity (Wildman–Crippen MR) is 132 cm³/mol. The molecular formula is C24H16Br2N2O6. The molecule has 0 fully saturated rings. The van der Waals surface area contributed by atoms with E-state index in [4.69, 9.17) is 18.9 Å². The smallest absolute Gasteiger partial charge is 0.231 e. The third-order valence-electron chi connectivity index (χ3n) is 5.22. The third-order valence-corrected chi connectivity index (χ3v) is 6.61. The molecule has 6 rings (SSSR count). The number of hydrogen-bond acceptors (Lipinski definition) is 7. The van der Waals surface area contributed by atoms with Crippen LogP contribution in [0.15, 0.2) is 56.4 Å². The minimum Gasteiger partial charge on any atom is -0.454 e. The van der Waals surface area contributed by atoms with Crippen LogP contribution in [0.1, 0.15) is 21.5 Å². The van der Waals surface area contributed by atoms with E-state index in [0.29, 0.717) is 35.0 Å². The van der Waals surface area contributed by atoms with Gasteiger partial charge in [-0.2, -0.15) is 0 Å². The minimum absolute atomic E-state index is 0.0188. The Kier molecular flexibility index (Phi) is 6.25. The molecule has 34 heavy (non-hydrogen) atoms. The number of halogens is 2. The van der Waals surface area contributed by atoms with Gasteiger partial charge in [0.15, 0.2) is 29.3 Å². The van der Waals surface area contributed by atoms with Gasteiger partial charge in [0.1, 0.15) is 0 Å². The van der Waals surface area contributed by atoms with Crippen LogP contribution in [0.5, 0.6) is 23.0 Å². The molecule has 0 bridgehead atoms. The summed E-state index contributed by atoms with van der Waals surface area (Å²) in [5.41, 5.74) is 3.97. The highest BCUT2D eigenvalue weighted by atomic mass is 79.9. The molecule has 0 spiro atoms. The fourth-order valence-corrected chi connectivity index (χ4v) is 4.43. The number of ether oxygens (including phenoxy) is 4. The standard InChI is InChI=1S/C16H11BrN2O3.C8H5BrO3/c17-12-2-4-14-16(22-8-21-14)11(12)7-18-10-1-3-13-9(5-10)6-15(20)19-13;9-6-1-2-7-8(5(6)3-10)12-4-11-7/h1-5,7H,6,8H2,(H,19,20);1-3H,4H2. The summed E-state index contributed by atoms with van der Waals surface area (Å²) < 4.78 is 22.7. The number of aldehydes is 1. The molecule has 10 heteroatoms. The van der Waals surface area contributed by atoms with Crippen molar-refractivity contribution in [3.05, 3.63) is 68.1 Å². The lowest BCUT2D eigenvalue weighted by Crippen LogP contribution is -2.03. The van der Waals surface area contributed by atoms with E-state index in [1.54, 1.807) is 18.3 Å². The Morgan fingerprint density at radius 1 is 0.853 bits per heavy atom. The summed E-state index contributed by atoms with van der Waals surface area (Å²) in [5, 5.41) is 2.81. The van der Waals surface area contributed by atoms with Crippen molar-refractivity contribution in [2.24, 2.45) is 4.99 Å². The van der Waals surface area contributed by atoms with Gasteiger partial charge in [-0.3, -0.25) is 14.6 Å². The van der Waals surface area contributed by atoms with E-state index >= 15 is 0 Å². The quantitative estimate of drug-likeness (QED) is 0.325. The highest BCUT2D eigenvalue weighted by Crippen LogP contribution is 2.39. The summed E-state index contributed by atoms with van der Waals surface area (Å²) in [6.07, 6.45) is 2.89. The number of benzene rings is 3. The van der Waals surface area contributed by atoms with Crippen LogP contribution in [0.3, 0.4) is 0 Å². The van der Waals surface area contributed by atoms with Gasteiger partial charge >= 0.3 is 0 Å². The predicted octanol–water partition coefficient (Wildman–Crippen LogP) is 5.41. The highest BCUT2D eigenvalue weighted by Gasteiger charge is 2.20. The zero-order valence-corrected chi connectivity index (χ0v) is 20.6. The van der Waals surface area contributed by atoms with Gasteiger partial charge in [-0.1, -0.05) is 0 Å². The number of nitrogens with zero attached hydrogens (tertiary/aromatic N) is 1. The number of rotatable bonds is 3. The van der Waals surface area contributed by atoms with Gasteiger partial charge in [-0.15, -0.1) is 0 Å². The molecule has 3 aliphatic heterocycles. The largest absolute Gasteiger partial charge is 0.454 e. The van der Waals surface area contributed by atoms with Crippen LogP contribution in [-0.4, -0.2) is 32.0 Å². The number of nitrogens with one attached hydrogen (secondary N) is 1. The fraction of sp³-hybridized carbons (Fsp3) is 0.125. The fourth-order valence-electron chi connectivity index (χ4n) is 3.61. The van der Waals surface area contributed by atoms with E-state index < -0.39 is 0 Å². The van der Waals surface area contributed by atoms with E-state index in [2.05, 4.69) is 42.2 Å². The van der Waals surface area contributed by atoms with Crippen molar-refractivity contribution in [2.45, 2.75) is 6.42 Å². The molecule has 1 amide bonds. The van der Waals surface area contributed by atoms with Crippen molar-refractivity contribution in [3.63, 3.8) is 0 Å². The van der Waals surface area contributed by atoms with E-state index in [1.807, 2.05) is 30.3 Å². The highest BCUT2D eigenvalue weighted by molar-refractivity contribution is 9.10. The molecule has 0 unspecified atom stereocenters. The zero-order valence-electron chi connectivity index (χ0n) is 17.5. The van der Waals surface area contributed by atoms with Gasteiger partial charge in [-0.05, 0) is 79.9 Å². The minimum atomic E-state index is 0.0188. The Labute approximate surface area is 211 Å². The van der Waals surface area contributed by atoms with Gasteiger partial charge in [0.25, 0.3) is 0 Å². The van der Waals surface area contributed by atoms with Crippen molar-refractivity contribution in [1.82, 2.24) is 0 Å². The summed E-state index contributed by atoms with van der Waals surface area (Å²) in [4.78, 5) is 26.5. The Hall–Kier alpha value is -3.37. The molecule has 0 aromatic heterocycles. The van der Waals surface area contributed by atoms with E-state index in [1.165, 1.54) is 0 Å². The molecule has 3 aromatic carbocycles. The maximum atomic E-state index is 11.4. The molecule has 0 saturated carbocycles. The molecule has 0 atom stereocenters. The van der Waals surface area contributed by atoms with Crippen molar-refractivity contribution in [2.75, 3.05) is 18.9 Å². The van der Waals surface area contributed by atoms with E-state index in [-0.39, 0.29) is 19.5 Å². The normalized spacial score (nSPS) is 14.5. The molecule has 0 aliphatic carbocycles. The number of amides is 1. The zero-order chi connectivity index (χ0) is 23.7. The first kappa shape index (κ1) is 22.4. The topological polar surface area (TPSA) is 95.5 Å². The summed E-state index contributed by atoms with van der Waals surface area (Å²) in [5.74, 6) is 2.58. The molecule has 3 aromatic rings. The van der Waals surface area contributed by atoms with Crippen LogP contribution < -0.4 is 24.3 Å². The average molecular weight is 588 g/mol. The van der Waals surface area contributed by atoms with Crippen molar-refractivity contribution in [1.29, 1.82) is 0 Å². The Balaban J connectivity index is 0.000000169. The monoisotopic (exact) mass is 586 g/mol. The first-order chi connectivity index (χ1) is 16.5. The van der Waals surface area contributed by atoms with Crippen molar-refractivity contribution < 1.29 is 28.5 Å². The lowest BCUT2D eigenvalue weighted by molar-refractivity contribution is -0.115. The number of aliphatic imine (C=N–C) groups is 1. The number of hydrogen-bond donors (Lipinski definition) is 1. The molecular weight excluding hydrogens is 572 g/mol. The number of carbonyl (C=O) groups is 2. The Morgan fingerprint density at radius 3 is 2.18 bits per heavy atom. The van der Waals surface area contributed by atoms with Crippen molar-refractivity contribution >= 4 is 61.6 Å². The van der Waals surface area contributed by atoms with Crippen molar-refractivity contribution in [3.8, 4) is 23.0 Å². The first-order valence-electron chi connectivity index (χ1n) is 10.1. The molecule has 172 valence electrons. The summed E-state index contributed by atoms with van der Waals surface area (Å²) >= 11 is 6.74. The second-order valence-corrected chi connectivity index (χ2v) is 9.04. The number of carbonyl (C=O) groups excluding carboxylic acids is 2. The van der Waals surface area contributed by atoms with Gasteiger partial charge in [-0.25, -0.2) is 0 Å². The van der Waals surface area contributed by atoms with Gasteiger partial charge in [0.2, 0.25) is 19.5 Å². The molecule has 3 aliphatic rings. The molecule has 3 heterocycles. The van der Waals surface area contributed by atoms with Gasteiger partial charge < -0.3 is 24.3 Å². The lowest BCUT2D eigenvalue weighted by Gasteiger charge is -2.04. The number of fused-ring (bicyclic) bond motifs is 3. The van der Waals surface area contributed by atoms with Crippen LogP contribution in [0.25, 0.3) is 0 Å². The first-order valence-corrected chi connectivity index (χ1v) is 11.7. The third kappa shape index (κ3) is 4.38. The van der Waals surface area contributed by atoms with Gasteiger partial charge in [0.05, 0.1) is 23.2 Å². The van der Waals surface area contributed by atoms with Gasteiger partial charge in [0, 0.05) is 20.8 Å². The molecule has 0 saturated heterocycles. The van der Waals surface area contributed by atoms with Crippen LogP contribution in [-0.2, 0) is 11.2 Å². The summed E-state index contributed by atoms with van der Waals surface area (Å²) in [7, 11) is 0.